The second-order valence-electron chi connectivity index (χ2n) is 6.21. The number of hydroxylamine groups is 1. The third-order valence-electron chi connectivity index (χ3n) is 4.36. The van der Waals surface area contributed by atoms with Gasteiger partial charge in [0.1, 0.15) is 24.7 Å². The average Bonchev–Trinajstić information content (AvgIpc) is 3.07. The predicted molar refractivity (Wildman–Crippen MR) is 95.2 cm³/mol. The first-order valence-corrected chi connectivity index (χ1v) is 10.3. The molecule has 4 unspecified atom stereocenters. The van der Waals surface area contributed by atoms with E-state index in [1.165, 1.54) is 25.7 Å². The van der Waals surface area contributed by atoms with Crippen LogP contribution in [0.25, 0.3) is 0 Å². The standard InChI is InChI=1S/C15H33N5O3S/c1-24-15-17-11-22-14(12-7-8-13(20-21)23-12)16-9-5-3-2-4-6-10-18-19-15/h12-21H,2-11H2,1H3. The van der Waals surface area contributed by atoms with E-state index in [-0.39, 0.29) is 24.1 Å². The molecule has 2 saturated heterocycles. The molecular formula is C15H33N5O3S. The quantitative estimate of drug-likeness (QED) is 0.404. The van der Waals surface area contributed by atoms with E-state index in [9.17, 15) is 0 Å². The zero-order valence-corrected chi connectivity index (χ0v) is 15.4. The second-order valence-corrected chi connectivity index (χ2v) is 7.16. The van der Waals surface area contributed by atoms with E-state index < -0.39 is 0 Å². The first-order chi connectivity index (χ1) is 11.8. The van der Waals surface area contributed by atoms with Crippen molar-refractivity contribution in [2.75, 3.05) is 26.1 Å². The molecule has 2 aliphatic rings. The molecule has 4 atom stereocenters. The molecule has 0 amide bonds. The van der Waals surface area contributed by atoms with Gasteiger partial charge in [0.05, 0.1) is 6.10 Å². The lowest BCUT2D eigenvalue weighted by atomic mass is 10.1. The van der Waals surface area contributed by atoms with Crippen LogP contribution in [-0.2, 0) is 9.47 Å². The summed E-state index contributed by atoms with van der Waals surface area (Å²) in [6.45, 7) is 2.32. The normalized spacial score (nSPS) is 35.2. The number of hydrogen-bond acceptors (Lipinski definition) is 9. The molecule has 2 aliphatic heterocycles. The fourth-order valence-corrected chi connectivity index (χ4v) is 3.40. The van der Waals surface area contributed by atoms with E-state index >= 15 is 0 Å². The Kier molecular flexibility index (Phi) is 10.5. The van der Waals surface area contributed by atoms with Crippen molar-refractivity contribution in [3.63, 3.8) is 0 Å². The van der Waals surface area contributed by atoms with Gasteiger partial charge in [0.2, 0.25) is 0 Å². The third-order valence-corrected chi connectivity index (χ3v) is 5.11. The fourth-order valence-electron chi connectivity index (χ4n) is 2.96. The number of nitrogens with one attached hydrogen (secondary N) is 5. The molecule has 9 heteroatoms. The van der Waals surface area contributed by atoms with Gasteiger partial charge in [-0.25, -0.2) is 5.43 Å². The minimum Gasteiger partial charge on any atom is -0.354 e. The van der Waals surface area contributed by atoms with Crippen LogP contribution in [0.15, 0.2) is 0 Å². The predicted octanol–water partition coefficient (Wildman–Crippen LogP) is 0.655. The Morgan fingerprint density at radius 1 is 1.04 bits per heavy atom. The van der Waals surface area contributed by atoms with Crippen LogP contribution in [0, 0.1) is 0 Å². The molecule has 2 fully saturated rings. The summed E-state index contributed by atoms with van der Waals surface area (Å²) in [5.41, 5.74) is 8.82. The Balaban J connectivity index is 1.83. The molecule has 2 rings (SSSR count). The smallest absolute Gasteiger partial charge is 0.136 e. The molecule has 24 heavy (non-hydrogen) atoms. The van der Waals surface area contributed by atoms with Gasteiger partial charge in [-0.2, -0.15) is 5.48 Å². The Morgan fingerprint density at radius 3 is 2.58 bits per heavy atom. The van der Waals surface area contributed by atoms with E-state index in [0.29, 0.717) is 6.73 Å². The number of hydrazine groups is 1. The lowest BCUT2D eigenvalue weighted by molar-refractivity contribution is -0.115. The van der Waals surface area contributed by atoms with Gasteiger partial charge in [-0.05, 0) is 38.5 Å². The van der Waals surface area contributed by atoms with Crippen molar-refractivity contribution in [2.24, 2.45) is 0 Å². The van der Waals surface area contributed by atoms with E-state index in [2.05, 4.69) is 27.0 Å². The highest BCUT2D eigenvalue weighted by Gasteiger charge is 2.32. The molecule has 0 spiro atoms. The van der Waals surface area contributed by atoms with Crippen molar-refractivity contribution in [1.29, 1.82) is 0 Å². The van der Waals surface area contributed by atoms with Gasteiger partial charge in [0, 0.05) is 6.54 Å². The lowest BCUT2D eigenvalue weighted by Crippen LogP contribution is -2.50. The molecule has 0 radical (unpaired) electrons. The topological polar surface area (TPSA) is 98.8 Å². The Labute approximate surface area is 149 Å². The number of thioether (sulfide) groups is 1. The zero-order chi connectivity index (χ0) is 17.0. The summed E-state index contributed by atoms with van der Waals surface area (Å²) in [6.07, 6.45) is 9.25. The van der Waals surface area contributed by atoms with Gasteiger partial charge in [-0.15, -0.1) is 11.8 Å². The molecule has 6 N–H and O–H groups in total. The van der Waals surface area contributed by atoms with Crippen LogP contribution in [0.5, 0.6) is 0 Å². The van der Waals surface area contributed by atoms with Crippen molar-refractivity contribution < 1.29 is 14.7 Å². The molecule has 0 bridgehead atoms. The van der Waals surface area contributed by atoms with E-state index in [0.717, 1.165) is 32.4 Å². The molecule has 0 aromatic rings. The van der Waals surface area contributed by atoms with Crippen LogP contribution in [0.4, 0.5) is 0 Å². The molecular weight excluding hydrogens is 330 g/mol. The lowest BCUT2D eigenvalue weighted by Gasteiger charge is -2.26. The number of hydrogen-bond donors (Lipinski definition) is 6. The van der Waals surface area contributed by atoms with Gasteiger partial charge in [0.15, 0.2) is 0 Å². The van der Waals surface area contributed by atoms with Crippen LogP contribution in [0.1, 0.15) is 44.9 Å². The fraction of sp³-hybridized carbons (Fsp3) is 1.00. The maximum absolute atomic E-state index is 9.02. The Morgan fingerprint density at radius 2 is 1.83 bits per heavy atom. The first-order valence-electron chi connectivity index (χ1n) is 8.98. The molecule has 142 valence electrons. The second kappa shape index (κ2) is 12.4. The van der Waals surface area contributed by atoms with Crippen molar-refractivity contribution in [3.05, 3.63) is 0 Å². The van der Waals surface area contributed by atoms with Crippen molar-refractivity contribution in [1.82, 2.24) is 27.0 Å². The molecule has 0 aromatic carbocycles. The van der Waals surface area contributed by atoms with Crippen molar-refractivity contribution in [3.8, 4) is 0 Å². The van der Waals surface area contributed by atoms with Gasteiger partial charge in [-0.3, -0.25) is 16.1 Å². The monoisotopic (exact) mass is 363 g/mol. The van der Waals surface area contributed by atoms with Crippen LogP contribution >= 0.6 is 11.8 Å². The minimum absolute atomic E-state index is 0.0500. The number of ether oxygens (including phenoxy) is 2. The highest BCUT2D eigenvalue weighted by Crippen LogP contribution is 2.21. The third kappa shape index (κ3) is 7.51. The van der Waals surface area contributed by atoms with Gasteiger partial charge in [0.25, 0.3) is 0 Å². The van der Waals surface area contributed by atoms with Gasteiger partial charge in [-0.1, -0.05) is 19.3 Å². The van der Waals surface area contributed by atoms with Crippen molar-refractivity contribution >= 4 is 11.8 Å². The summed E-state index contributed by atoms with van der Waals surface area (Å²) in [5.74, 6) is 0. The Bertz CT molecular complexity index is 329. The summed E-state index contributed by atoms with van der Waals surface area (Å²) >= 11 is 1.69. The maximum atomic E-state index is 9.02. The van der Waals surface area contributed by atoms with E-state index in [1.54, 1.807) is 11.8 Å². The van der Waals surface area contributed by atoms with Crippen LogP contribution in [0.2, 0.25) is 0 Å². The minimum atomic E-state index is -0.296. The average molecular weight is 364 g/mol. The summed E-state index contributed by atoms with van der Waals surface area (Å²) in [4.78, 5) is 0. The SMILES string of the molecule is CSC1NCOC(C2CCC(NO)O2)NCCCCCCCNN1. The van der Waals surface area contributed by atoms with Gasteiger partial charge < -0.3 is 14.7 Å². The maximum Gasteiger partial charge on any atom is 0.136 e. The first kappa shape index (κ1) is 20.3. The summed E-state index contributed by atoms with van der Waals surface area (Å²) in [6, 6.07) is 0. The number of rotatable bonds is 3. The molecule has 2 heterocycles. The summed E-state index contributed by atoms with van der Waals surface area (Å²) < 4.78 is 11.8. The zero-order valence-electron chi connectivity index (χ0n) is 14.6. The molecule has 0 aliphatic carbocycles. The molecule has 0 aromatic heterocycles. The van der Waals surface area contributed by atoms with Crippen LogP contribution in [0.3, 0.4) is 0 Å². The summed E-state index contributed by atoms with van der Waals surface area (Å²) in [7, 11) is 0. The van der Waals surface area contributed by atoms with Crippen LogP contribution < -0.4 is 27.0 Å². The summed E-state index contributed by atoms with van der Waals surface area (Å²) in [5, 5.41) is 15.8. The Hall–Kier alpha value is 0.0300. The van der Waals surface area contributed by atoms with E-state index in [4.69, 9.17) is 14.7 Å². The molecule has 8 nitrogen and oxygen atoms in total. The highest BCUT2D eigenvalue weighted by molar-refractivity contribution is 7.99. The van der Waals surface area contributed by atoms with E-state index in [1.807, 2.05) is 6.26 Å². The highest BCUT2D eigenvalue weighted by atomic mass is 32.2. The van der Waals surface area contributed by atoms with Gasteiger partial charge >= 0.3 is 0 Å². The van der Waals surface area contributed by atoms with Crippen LogP contribution in [-0.4, -0.2) is 55.3 Å². The largest absolute Gasteiger partial charge is 0.354 e. The molecule has 0 saturated carbocycles. The van der Waals surface area contributed by atoms with Crippen molar-refractivity contribution in [2.45, 2.75) is 69.0 Å².